The Labute approximate surface area is 171 Å². The number of nitrogens with one attached hydrogen (secondary N) is 1. The molecule has 3 aromatic heterocycles. The number of hydrogen-bond donors (Lipinski definition) is 1. The Bertz CT molecular complexity index is 1050. The molecule has 144 valence electrons. The van der Waals surface area contributed by atoms with Crippen molar-refractivity contribution in [2.75, 3.05) is 11.1 Å². The zero-order chi connectivity index (χ0) is 19.3. The number of anilines is 1. The van der Waals surface area contributed by atoms with Crippen LogP contribution in [0.3, 0.4) is 0 Å². The van der Waals surface area contributed by atoms with Gasteiger partial charge < -0.3 is 9.73 Å². The number of thioether (sulfide) groups is 1. The van der Waals surface area contributed by atoms with E-state index in [4.69, 9.17) is 21.0 Å². The minimum absolute atomic E-state index is 0.515. The summed E-state index contributed by atoms with van der Waals surface area (Å²) < 4.78 is 7.18. The molecular formula is C19H19ClN6OS. The lowest BCUT2D eigenvalue weighted by Crippen LogP contribution is -2.06. The van der Waals surface area contributed by atoms with Gasteiger partial charge in [0.15, 0.2) is 22.1 Å². The molecule has 1 aromatic carbocycles. The molecule has 9 heteroatoms. The van der Waals surface area contributed by atoms with E-state index in [1.165, 1.54) is 0 Å². The van der Waals surface area contributed by atoms with E-state index in [2.05, 4.69) is 27.5 Å². The Morgan fingerprint density at radius 3 is 2.79 bits per heavy atom. The Morgan fingerprint density at radius 1 is 1.18 bits per heavy atom. The van der Waals surface area contributed by atoms with Crippen LogP contribution in [0.5, 0.6) is 0 Å². The van der Waals surface area contributed by atoms with E-state index in [-0.39, 0.29) is 0 Å². The van der Waals surface area contributed by atoms with Gasteiger partial charge in [-0.2, -0.15) is 0 Å². The van der Waals surface area contributed by atoms with Gasteiger partial charge in [0.25, 0.3) is 0 Å². The summed E-state index contributed by atoms with van der Waals surface area (Å²) >= 11 is 7.60. The van der Waals surface area contributed by atoms with Crippen molar-refractivity contribution in [3.63, 3.8) is 0 Å². The van der Waals surface area contributed by atoms with Crippen LogP contribution in [0, 0.1) is 0 Å². The maximum absolute atomic E-state index is 5.98. The van der Waals surface area contributed by atoms with E-state index in [0.29, 0.717) is 40.3 Å². The van der Waals surface area contributed by atoms with Crippen LogP contribution in [0.2, 0.25) is 5.02 Å². The van der Waals surface area contributed by atoms with Gasteiger partial charge in [0.2, 0.25) is 0 Å². The fourth-order valence-corrected chi connectivity index (χ4v) is 3.49. The van der Waals surface area contributed by atoms with Gasteiger partial charge in [-0.05, 0) is 36.2 Å². The van der Waals surface area contributed by atoms with Crippen LogP contribution in [0.25, 0.3) is 11.2 Å². The standard InChI is InChI=1S/C19H19ClN6OS/c1-2-10-28-19-22-17(21-11-15-4-3-9-27-15)16-18(23-19)26(25-24-16)12-13-5-7-14(20)8-6-13/h3-9H,2,10-12H2,1H3,(H,21,22,23). The number of nitrogens with zero attached hydrogens (tertiary/aromatic N) is 5. The Morgan fingerprint density at radius 2 is 2.04 bits per heavy atom. The SMILES string of the molecule is CCCSc1nc(NCc2ccco2)c2nnn(Cc3ccc(Cl)cc3)c2n1. The molecule has 0 aliphatic rings. The summed E-state index contributed by atoms with van der Waals surface area (Å²) in [5.74, 6) is 2.42. The minimum Gasteiger partial charge on any atom is -0.467 e. The van der Waals surface area contributed by atoms with Crippen molar-refractivity contribution in [2.24, 2.45) is 0 Å². The van der Waals surface area contributed by atoms with Crippen LogP contribution in [-0.4, -0.2) is 30.7 Å². The molecule has 0 aliphatic heterocycles. The molecule has 0 bridgehead atoms. The molecule has 0 aliphatic carbocycles. The maximum Gasteiger partial charge on any atom is 0.191 e. The van der Waals surface area contributed by atoms with Gasteiger partial charge in [-0.3, -0.25) is 0 Å². The maximum atomic E-state index is 5.98. The summed E-state index contributed by atoms with van der Waals surface area (Å²) in [5.41, 5.74) is 2.41. The average Bonchev–Trinajstić information content (AvgIpc) is 3.37. The molecule has 0 atom stereocenters. The molecule has 7 nitrogen and oxygen atoms in total. The lowest BCUT2D eigenvalue weighted by molar-refractivity contribution is 0.518. The summed E-state index contributed by atoms with van der Waals surface area (Å²) in [6.45, 7) is 3.20. The van der Waals surface area contributed by atoms with Crippen molar-refractivity contribution in [1.82, 2.24) is 25.0 Å². The number of halogens is 1. The van der Waals surface area contributed by atoms with Gasteiger partial charge in [-0.15, -0.1) is 5.10 Å². The largest absolute Gasteiger partial charge is 0.467 e. The molecule has 0 saturated carbocycles. The Balaban J connectivity index is 1.66. The van der Waals surface area contributed by atoms with E-state index in [1.54, 1.807) is 22.7 Å². The van der Waals surface area contributed by atoms with Crippen LogP contribution < -0.4 is 5.32 Å². The zero-order valence-electron chi connectivity index (χ0n) is 15.3. The number of furan rings is 1. The highest BCUT2D eigenvalue weighted by Gasteiger charge is 2.15. The van der Waals surface area contributed by atoms with Crippen molar-refractivity contribution in [3.8, 4) is 0 Å². The molecule has 0 saturated heterocycles. The molecule has 0 fully saturated rings. The van der Waals surface area contributed by atoms with Crippen molar-refractivity contribution in [1.29, 1.82) is 0 Å². The first-order chi connectivity index (χ1) is 13.7. The summed E-state index contributed by atoms with van der Waals surface area (Å²) in [5, 5.41) is 13.3. The normalized spacial score (nSPS) is 11.2. The predicted octanol–water partition coefficient (Wildman–Crippen LogP) is 4.63. The first kappa shape index (κ1) is 18.8. The lowest BCUT2D eigenvalue weighted by atomic mass is 10.2. The zero-order valence-corrected chi connectivity index (χ0v) is 16.9. The van der Waals surface area contributed by atoms with Crippen LogP contribution in [0.4, 0.5) is 5.82 Å². The number of hydrogen-bond acceptors (Lipinski definition) is 7. The van der Waals surface area contributed by atoms with E-state index in [9.17, 15) is 0 Å². The van der Waals surface area contributed by atoms with Crippen molar-refractivity contribution in [2.45, 2.75) is 31.6 Å². The molecule has 0 amide bonds. The molecule has 1 N–H and O–H groups in total. The third-order valence-electron chi connectivity index (χ3n) is 4.03. The molecule has 28 heavy (non-hydrogen) atoms. The van der Waals surface area contributed by atoms with Crippen LogP contribution >= 0.6 is 23.4 Å². The quantitative estimate of drug-likeness (QED) is 0.332. The van der Waals surface area contributed by atoms with Crippen LogP contribution in [0.15, 0.2) is 52.2 Å². The van der Waals surface area contributed by atoms with Crippen LogP contribution in [-0.2, 0) is 13.1 Å². The monoisotopic (exact) mass is 414 g/mol. The average molecular weight is 415 g/mol. The predicted molar refractivity (Wildman–Crippen MR) is 111 cm³/mol. The smallest absolute Gasteiger partial charge is 0.191 e. The third-order valence-corrected chi connectivity index (χ3v) is 5.34. The van der Waals surface area contributed by atoms with Crippen molar-refractivity contribution >= 4 is 40.3 Å². The van der Waals surface area contributed by atoms with Gasteiger partial charge in [0.1, 0.15) is 5.76 Å². The number of rotatable bonds is 8. The first-order valence-corrected chi connectivity index (χ1v) is 10.3. The summed E-state index contributed by atoms with van der Waals surface area (Å²) in [7, 11) is 0. The highest BCUT2D eigenvalue weighted by atomic mass is 35.5. The summed E-state index contributed by atoms with van der Waals surface area (Å²) in [4.78, 5) is 9.33. The van der Waals surface area contributed by atoms with E-state index >= 15 is 0 Å². The van der Waals surface area contributed by atoms with Gasteiger partial charge >= 0.3 is 0 Å². The number of benzene rings is 1. The molecule has 4 aromatic rings. The van der Waals surface area contributed by atoms with Crippen LogP contribution in [0.1, 0.15) is 24.7 Å². The highest BCUT2D eigenvalue weighted by molar-refractivity contribution is 7.99. The molecule has 0 unspecified atom stereocenters. The minimum atomic E-state index is 0.515. The molecule has 4 rings (SSSR count). The van der Waals surface area contributed by atoms with Gasteiger partial charge in [-0.1, -0.05) is 47.6 Å². The van der Waals surface area contributed by atoms with E-state index in [0.717, 1.165) is 23.5 Å². The second kappa shape index (κ2) is 8.62. The van der Waals surface area contributed by atoms with Gasteiger partial charge in [-0.25, -0.2) is 14.6 Å². The third kappa shape index (κ3) is 4.28. The van der Waals surface area contributed by atoms with Gasteiger partial charge in [0, 0.05) is 10.8 Å². The molecule has 0 radical (unpaired) electrons. The fourth-order valence-electron chi connectivity index (χ4n) is 2.67. The second-order valence-corrected chi connectivity index (χ2v) is 7.68. The molecule has 3 heterocycles. The lowest BCUT2D eigenvalue weighted by Gasteiger charge is -2.08. The molecule has 0 spiro atoms. The Kier molecular flexibility index (Phi) is 5.78. The number of aromatic nitrogens is 5. The summed E-state index contributed by atoms with van der Waals surface area (Å²) in [6, 6.07) is 11.4. The Hall–Kier alpha value is -2.58. The first-order valence-electron chi connectivity index (χ1n) is 8.97. The topological polar surface area (TPSA) is 81.7 Å². The second-order valence-electron chi connectivity index (χ2n) is 6.18. The summed E-state index contributed by atoms with van der Waals surface area (Å²) in [6.07, 6.45) is 2.70. The van der Waals surface area contributed by atoms with Crippen molar-refractivity contribution in [3.05, 3.63) is 59.0 Å². The molecular weight excluding hydrogens is 396 g/mol. The van der Waals surface area contributed by atoms with E-state index in [1.807, 2.05) is 36.4 Å². The fraction of sp³-hybridized carbons (Fsp3) is 0.263. The van der Waals surface area contributed by atoms with Crippen molar-refractivity contribution < 1.29 is 4.42 Å². The highest BCUT2D eigenvalue weighted by Crippen LogP contribution is 2.24. The van der Waals surface area contributed by atoms with E-state index < -0.39 is 0 Å². The van der Waals surface area contributed by atoms with Gasteiger partial charge in [0.05, 0.1) is 19.4 Å². The number of fused-ring (bicyclic) bond motifs is 1.